The summed E-state index contributed by atoms with van der Waals surface area (Å²) < 4.78 is 0. The maximum absolute atomic E-state index is 11.2. The summed E-state index contributed by atoms with van der Waals surface area (Å²) in [5, 5.41) is 18.6. The van der Waals surface area contributed by atoms with E-state index in [1.54, 1.807) is 0 Å². The molecule has 0 aliphatic carbocycles. The number of hydrogen-bond donors (Lipinski definition) is 3. The molecule has 4 nitrogen and oxygen atoms in total. The van der Waals surface area contributed by atoms with E-state index >= 15 is 0 Å². The topological polar surface area (TPSA) is 73.3 Å². The largest absolute Gasteiger partial charge is 0.503 e. The molecule has 0 saturated carbocycles. The van der Waals surface area contributed by atoms with Gasteiger partial charge in [0.1, 0.15) is 0 Å². The molecule has 0 atom stereocenters. The van der Waals surface area contributed by atoms with E-state index < -0.39 is 0 Å². The first kappa shape index (κ1) is 11.1. The van der Waals surface area contributed by atoms with Crippen LogP contribution in [0.5, 0.6) is 5.75 Å². The van der Waals surface area contributed by atoms with Gasteiger partial charge in [-0.05, 0) is 6.42 Å². The summed E-state index contributed by atoms with van der Waals surface area (Å²) >= 11 is 1.36. The Morgan fingerprint density at radius 3 is 2.86 bits per heavy atom. The van der Waals surface area contributed by atoms with Crippen molar-refractivity contribution in [2.75, 3.05) is 12.4 Å². The van der Waals surface area contributed by atoms with Crippen LogP contribution in [0.25, 0.3) is 0 Å². The predicted octanol–water partition coefficient (Wildman–Crippen LogP) is 0.727. The van der Waals surface area contributed by atoms with Gasteiger partial charge in [-0.2, -0.15) is 0 Å². The zero-order valence-corrected chi connectivity index (χ0v) is 8.73. The zero-order valence-electron chi connectivity index (χ0n) is 7.91. The van der Waals surface area contributed by atoms with E-state index in [1.165, 1.54) is 17.8 Å². The zero-order chi connectivity index (χ0) is 10.6. The van der Waals surface area contributed by atoms with Crippen molar-refractivity contribution in [3.63, 3.8) is 0 Å². The standard InChI is InChI=1S/C9H13NO3S/c1-2-6-9(13)7(12)5-8(10-6)14-4-3-11/h5,11,13H,2-4H2,1H3,(H,10,12). The number of thioether (sulfide) groups is 1. The van der Waals surface area contributed by atoms with Crippen LogP contribution in [0.3, 0.4) is 0 Å². The van der Waals surface area contributed by atoms with E-state index in [9.17, 15) is 9.90 Å². The Bertz CT molecular complexity index is 362. The van der Waals surface area contributed by atoms with Crippen LogP contribution in [0.15, 0.2) is 15.9 Å². The Kier molecular flexibility index (Phi) is 4.03. The summed E-state index contributed by atoms with van der Waals surface area (Å²) in [5.74, 6) is 0.324. The van der Waals surface area contributed by atoms with Crippen LogP contribution in [0.4, 0.5) is 0 Å². The fourth-order valence-electron chi connectivity index (χ4n) is 1.07. The third-order valence-electron chi connectivity index (χ3n) is 1.76. The highest BCUT2D eigenvalue weighted by molar-refractivity contribution is 7.99. The maximum atomic E-state index is 11.2. The lowest BCUT2D eigenvalue weighted by Gasteiger charge is -2.05. The number of aliphatic hydroxyl groups is 1. The van der Waals surface area contributed by atoms with Gasteiger partial charge in [0, 0.05) is 11.8 Å². The molecule has 0 saturated heterocycles. The molecule has 0 aliphatic heterocycles. The van der Waals surface area contributed by atoms with Crippen LogP contribution in [0.2, 0.25) is 0 Å². The molecule has 0 unspecified atom stereocenters. The van der Waals surface area contributed by atoms with Gasteiger partial charge in [0.25, 0.3) is 0 Å². The summed E-state index contributed by atoms with van der Waals surface area (Å²) in [5.41, 5.74) is 0.166. The normalized spacial score (nSPS) is 10.4. The number of aromatic hydroxyl groups is 1. The summed E-state index contributed by atoms with van der Waals surface area (Å²) in [6.45, 7) is 1.92. The van der Waals surface area contributed by atoms with Crippen molar-refractivity contribution < 1.29 is 10.2 Å². The molecular weight excluding hydrogens is 202 g/mol. The minimum atomic E-state index is -0.374. The van der Waals surface area contributed by atoms with E-state index in [2.05, 4.69) is 4.98 Å². The van der Waals surface area contributed by atoms with Crippen LogP contribution >= 0.6 is 11.8 Å². The third-order valence-corrected chi connectivity index (χ3v) is 2.68. The molecule has 0 aromatic carbocycles. The fraction of sp³-hybridized carbons (Fsp3) is 0.444. The number of aryl methyl sites for hydroxylation is 1. The first-order chi connectivity index (χ1) is 6.69. The molecule has 1 rings (SSSR count). The van der Waals surface area contributed by atoms with E-state index in [1.807, 2.05) is 6.92 Å². The minimum absolute atomic E-state index is 0.0645. The number of aromatic amines is 1. The van der Waals surface area contributed by atoms with E-state index in [-0.39, 0.29) is 17.8 Å². The molecule has 1 heterocycles. The maximum Gasteiger partial charge on any atom is 0.224 e. The van der Waals surface area contributed by atoms with Gasteiger partial charge < -0.3 is 15.2 Å². The van der Waals surface area contributed by atoms with Gasteiger partial charge in [0.05, 0.1) is 17.3 Å². The first-order valence-corrected chi connectivity index (χ1v) is 5.36. The molecule has 0 aliphatic rings. The Morgan fingerprint density at radius 2 is 2.29 bits per heavy atom. The summed E-state index contributed by atoms with van der Waals surface area (Å²) in [6.07, 6.45) is 0.578. The molecule has 14 heavy (non-hydrogen) atoms. The number of H-pyrrole nitrogens is 1. The van der Waals surface area contributed by atoms with Crippen LogP contribution < -0.4 is 5.43 Å². The fourth-order valence-corrected chi connectivity index (χ4v) is 1.77. The quantitative estimate of drug-likeness (QED) is 0.647. The second-order valence-electron chi connectivity index (χ2n) is 2.75. The lowest BCUT2D eigenvalue weighted by Crippen LogP contribution is -2.05. The molecule has 0 bridgehead atoms. The van der Waals surface area contributed by atoms with Crippen molar-refractivity contribution in [1.82, 2.24) is 4.98 Å². The smallest absolute Gasteiger partial charge is 0.224 e. The Hall–Kier alpha value is -0.940. The van der Waals surface area contributed by atoms with E-state index in [0.717, 1.165) is 0 Å². The van der Waals surface area contributed by atoms with Crippen molar-refractivity contribution >= 4 is 11.8 Å². The SMILES string of the molecule is CCc1[nH]c(SCCO)cc(=O)c1O. The average Bonchev–Trinajstić information content (AvgIpc) is 2.19. The summed E-state index contributed by atoms with van der Waals surface area (Å²) in [6, 6.07) is 1.34. The van der Waals surface area contributed by atoms with Crippen molar-refractivity contribution in [2.45, 2.75) is 18.4 Å². The molecule has 1 aromatic heterocycles. The molecule has 3 N–H and O–H groups in total. The number of nitrogens with one attached hydrogen (secondary N) is 1. The minimum Gasteiger partial charge on any atom is -0.503 e. The lowest BCUT2D eigenvalue weighted by molar-refractivity contribution is 0.322. The molecule has 0 spiro atoms. The first-order valence-electron chi connectivity index (χ1n) is 4.37. The molecule has 5 heteroatoms. The summed E-state index contributed by atoms with van der Waals surface area (Å²) in [7, 11) is 0. The molecule has 0 radical (unpaired) electrons. The Balaban J connectivity index is 2.98. The number of hydrogen-bond acceptors (Lipinski definition) is 4. The number of aromatic nitrogens is 1. The second-order valence-corrected chi connectivity index (χ2v) is 3.89. The summed E-state index contributed by atoms with van der Waals surface area (Å²) in [4.78, 5) is 14.2. The number of rotatable bonds is 4. The predicted molar refractivity (Wildman–Crippen MR) is 55.9 cm³/mol. The lowest BCUT2D eigenvalue weighted by atomic mass is 10.2. The highest BCUT2D eigenvalue weighted by atomic mass is 32.2. The van der Waals surface area contributed by atoms with Gasteiger partial charge in [-0.1, -0.05) is 6.92 Å². The molecule has 0 fully saturated rings. The van der Waals surface area contributed by atoms with Crippen molar-refractivity contribution in [3.05, 3.63) is 22.0 Å². The van der Waals surface area contributed by atoms with Crippen molar-refractivity contribution in [3.8, 4) is 5.75 Å². The van der Waals surface area contributed by atoms with E-state index in [4.69, 9.17) is 5.11 Å². The van der Waals surface area contributed by atoms with Crippen molar-refractivity contribution in [1.29, 1.82) is 0 Å². The second kappa shape index (κ2) is 5.07. The Labute approximate surface area is 86.0 Å². The third kappa shape index (κ3) is 2.52. The van der Waals surface area contributed by atoms with Crippen LogP contribution in [0.1, 0.15) is 12.6 Å². The van der Waals surface area contributed by atoms with Crippen molar-refractivity contribution in [2.24, 2.45) is 0 Å². The van der Waals surface area contributed by atoms with Gasteiger partial charge in [-0.25, -0.2) is 0 Å². The highest BCUT2D eigenvalue weighted by Crippen LogP contribution is 2.17. The molecule has 78 valence electrons. The number of aliphatic hydroxyl groups excluding tert-OH is 1. The molecule has 0 amide bonds. The van der Waals surface area contributed by atoms with Gasteiger partial charge in [0.15, 0.2) is 5.75 Å². The van der Waals surface area contributed by atoms with Gasteiger partial charge >= 0.3 is 0 Å². The highest BCUT2D eigenvalue weighted by Gasteiger charge is 2.06. The van der Waals surface area contributed by atoms with Crippen LogP contribution in [-0.2, 0) is 6.42 Å². The monoisotopic (exact) mass is 215 g/mol. The van der Waals surface area contributed by atoms with E-state index in [0.29, 0.717) is 22.9 Å². The van der Waals surface area contributed by atoms with Gasteiger partial charge in [0.2, 0.25) is 5.43 Å². The van der Waals surface area contributed by atoms with Gasteiger partial charge in [-0.3, -0.25) is 4.79 Å². The van der Waals surface area contributed by atoms with Crippen LogP contribution in [-0.4, -0.2) is 27.6 Å². The Morgan fingerprint density at radius 1 is 1.57 bits per heavy atom. The van der Waals surface area contributed by atoms with Gasteiger partial charge in [-0.15, -0.1) is 11.8 Å². The molecular formula is C9H13NO3S. The number of pyridine rings is 1. The van der Waals surface area contributed by atoms with Crippen LogP contribution in [0, 0.1) is 0 Å². The molecule has 1 aromatic rings. The average molecular weight is 215 g/mol.